The maximum atomic E-state index is 5.59. The van der Waals surface area contributed by atoms with Crippen LogP contribution < -0.4 is 0 Å². The van der Waals surface area contributed by atoms with E-state index >= 15 is 0 Å². The maximum absolute atomic E-state index is 5.59. The average Bonchev–Trinajstić information content (AvgIpc) is 2.40. The van der Waals surface area contributed by atoms with E-state index < -0.39 is 0 Å². The summed E-state index contributed by atoms with van der Waals surface area (Å²) in [7, 11) is 0. The van der Waals surface area contributed by atoms with E-state index in [1.54, 1.807) is 0 Å². The van der Waals surface area contributed by atoms with Gasteiger partial charge in [0.2, 0.25) is 0 Å². The molecule has 0 aromatic heterocycles. The first-order valence-corrected chi connectivity index (χ1v) is 9.02. The summed E-state index contributed by atoms with van der Waals surface area (Å²) in [5, 5.41) is 0. The van der Waals surface area contributed by atoms with Gasteiger partial charge < -0.3 is 18.9 Å². The zero-order valence-electron chi connectivity index (χ0n) is 16.4. The van der Waals surface area contributed by atoms with Gasteiger partial charge >= 0.3 is 0 Å². The Bertz CT molecular complexity index is 227. The second-order valence-electron chi connectivity index (χ2n) is 8.51. The summed E-state index contributed by atoms with van der Waals surface area (Å²) in [6, 6.07) is 0. The SMILES string of the molecule is CC(C)(C)COCCCOCCCOCCCOCC(C)(C)C. The lowest BCUT2D eigenvalue weighted by atomic mass is 9.99. The van der Waals surface area contributed by atoms with E-state index in [2.05, 4.69) is 41.5 Å². The summed E-state index contributed by atoms with van der Waals surface area (Å²) in [6.07, 6.45) is 2.87. The summed E-state index contributed by atoms with van der Waals surface area (Å²) in [5.41, 5.74) is 0.492. The first kappa shape index (κ1) is 22.8. The average molecular weight is 333 g/mol. The molecule has 0 radical (unpaired) electrons. The Hall–Kier alpha value is -0.160. The molecule has 140 valence electrons. The molecule has 0 fully saturated rings. The lowest BCUT2D eigenvalue weighted by Gasteiger charge is -2.18. The fourth-order valence-electron chi connectivity index (χ4n) is 1.75. The third-order valence-electron chi connectivity index (χ3n) is 2.80. The highest BCUT2D eigenvalue weighted by Crippen LogP contribution is 2.13. The fraction of sp³-hybridized carbons (Fsp3) is 1.00. The molecule has 0 aromatic rings. The minimum Gasteiger partial charge on any atom is -0.381 e. The van der Waals surface area contributed by atoms with E-state index in [0.29, 0.717) is 0 Å². The monoisotopic (exact) mass is 332 g/mol. The minimum atomic E-state index is 0.246. The second kappa shape index (κ2) is 13.2. The van der Waals surface area contributed by atoms with Crippen molar-refractivity contribution in [3.05, 3.63) is 0 Å². The van der Waals surface area contributed by atoms with Crippen LogP contribution in [0, 0.1) is 10.8 Å². The van der Waals surface area contributed by atoms with Gasteiger partial charge in [0.05, 0.1) is 13.2 Å². The molecule has 0 aliphatic rings. The predicted octanol–water partition coefficient (Wildman–Crippen LogP) is 4.32. The molecule has 0 aliphatic heterocycles. The Balaban J connectivity index is 3.08. The molecule has 0 heterocycles. The molecule has 23 heavy (non-hydrogen) atoms. The Morgan fingerprint density at radius 1 is 0.435 bits per heavy atom. The Kier molecular flexibility index (Phi) is 13.1. The van der Waals surface area contributed by atoms with E-state index in [1.807, 2.05) is 0 Å². The van der Waals surface area contributed by atoms with Crippen molar-refractivity contribution in [3.63, 3.8) is 0 Å². The topological polar surface area (TPSA) is 36.9 Å². The Labute approximate surface area is 144 Å². The van der Waals surface area contributed by atoms with Crippen molar-refractivity contribution in [2.75, 3.05) is 52.9 Å². The van der Waals surface area contributed by atoms with E-state index in [9.17, 15) is 0 Å². The van der Waals surface area contributed by atoms with Gasteiger partial charge in [-0.1, -0.05) is 41.5 Å². The first-order valence-electron chi connectivity index (χ1n) is 9.02. The summed E-state index contributed by atoms with van der Waals surface area (Å²) >= 11 is 0. The number of rotatable bonds is 14. The predicted molar refractivity (Wildman–Crippen MR) is 96.0 cm³/mol. The number of hydrogen-bond acceptors (Lipinski definition) is 4. The van der Waals surface area contributed by atoms with Gasteiger partial charge in [-0.25, -0.2) is 0 Å². The van der Waals surface area contributed by atoms with Crippen molar-refractivity contribution in [1.82, 2.24) is 0 Å². The van der Waals surface area contributed by atoms with Crippen molar-refractivity contribution < 1.29 is 18.9 Å². The van der Waals surface area contributed by atoms with Crippen LogP contribution in [-0.4, -0.2) is 52.9 Å². The van der Waals surface area contributed by atoms with Crippen molar-refractivity contribution >= 4 is 0 Å². The highest BCUT2D eigenvalue weighted by molar-refractivity contribution is 4.59. The van der Waals surface area contributed by atoms with E-state index in [0.717, 1.165) is 72.1 Å². The van der Waals surface area contributed by atoms with E-state index in [4.69, 9.17) is 18.9 Å². The summed E-state index contributed by atoms with van der Waals surface area (Å²) in [5.74, 6) is 0. The third kappa shape index (κ3) is 21.8. The summed E-state index contributed by atoms with van der Waals surface area (Å²) in [4.78, 5) is 0. The van der Waals surface area contributed by atoms with Gasteiger partial charge in [-0.2, -0.15) is 0 Å². The first-order chi connectivity index (χ1) is 10.7. The van der Waals surface area contributed by atoms with Crippen molar-refractivity contribution in [2.24, 2.45) is 10.8 Å². The molecule has 0 aromatic carbocycles. The van der Waals surface area contributed by atoms with Crippen LogP contribution in [0.25, 0.3) is 0 Å². The quantitative estimate of drug-likeness (QED) is 0.444. The highest BCUT2D eigenvalue weighted by atomic mass is 16.5. The number of ether oxygens (including phenoxy) is 4. The highest BCUT2D eigenvalue weighted by Gasteiger charge is 2.10. The fourth-order valence-corrected chi connectivity index (χ4v) is 1.75. The molecule has 0 N–H and O–H groups in total. The molecule has 0 aliphatic carbocycles. The van der Waals surface area contributed by atoms with Crippen molar-refractivity contribution in [2.45, 2.75) is 60.8 Å². The van der Waals surface area contributed by atoms with Crippen molar-refractivity contribution in [3.8, 4) is 0 Å². The van der Waals surface area contributed by atoms with E-state index in [1.165, 1.54) is 0 Å². The zero-order chi connectivity index (χ0) is 17.6. The normalized spacial score (nSPS) is 12.8. The van der Waals surface area contributed by atoms with Crippen LogP contribution in [0.15, 0.2) is 0 Å². The maximum Gasteiger partial charge on any atom is 0.0514 e. The molecule has 0 atom stereocenters. The lowest BCUT2D eigenvalue weighted by molar-refractivity contribution is 0.0340. The van der Waals surface area contributed by atoms with Crippen LogP contribution in [0.4, 0.5) is 0 Å². The summed E-state index contributed by atoms with van der Waals surface area (Å²) < 4.78 is 22.3. The van der Waals surface area contributed by atoms with Gasteiger partial charge in [-0.05, 0) is 30.1 Å². The van der Waals surface area contributed by atoms with E-state index in [-0.39, 0.29) is 10.8 Å². The van der Waals surface area contributed by atoms with Crippen LogP contribution in [0.3, 0.4) is 0 Å². The summed E-state index contributed by atoms with van der Waals surface area (Å²) in [6.45, 7) is 19.3. The molecular weight excluding hydrogens is 292 g/mol. The molecule has 0 saturated carbocycles. The van der Waals surface area contributed by atoms with Gasteiger partial charge in [-0.3, -0.25) is 0 Å². The van der Waals surface area contributed by atoms with Gasteiger partial charge in [0.25, 0.3) is 0 Å². The standard InChI is InChI=1S/C19H40O4/c1-18(2,3)16-22-14-8-12-20-10-7-11-21-13-9-15-23-17-19(4,5)6/h7-17H2,1-6H3. The number of hydrogen-bond donors (Lipinski definition) is 0. The molecule has 0 unspecified atom stereocenters. The third-order valence-corrected chi connectivity index (χ3v) is 2.80. The zero-order valence-corrected chi connectivity index (χ0v) is 16.4. The Morgan fingerprint density at radius 3 is 0.957 bits per heavy atom. The molecule has 0 amide bonds. The molecule has 4 heteroatoms. The molecule has 0 bridgehead atoms. The van der Waals surface area contributed by atoms with Crippen LogP contribution in [0.1, 0.15) is 60.8 Å². The molecule has 0 saturated heterocycles. The molecule has 0 rings (SSSR count). The van der Waals surface area contributed by atoms with Gasteiger partial charge in [0.15, 0.2) is 0 Å². The smallest absolute Gasteiger partial charge is 0.0514 e. The molecular formula is C19H40O4. The van der Waals surface area contributed by atoms with Crippen LogP contribution in [0.5, 0.6) is 0 Å². The largest absolute Gasteiger partial charge is 0.381 e. The van der Waals surface area contributed by atoms with Gasteiger partial charge in [0.1, 0.15) is 0 Å². The van der Waals surface area contributed by atoms with Gasteiger partial charge in [-0.15, -0.1) is 0 Å². The molecule has 0 spiro atoms. The van der Waals surface area contributed by atoms with Crippen molar-refractivity contribution in [1.29, 1.82) is 0 Å². The van der Waals surface area contributed by atoms with Crippen LogP contribution >= 0.6 is 0 Å². The minimum absolute atomic E-state index is 0.246. The Morgan fingerprint density at radius 2 is 0.696 bits per heavy atom. The van der Waals surface area contributed by atoms with Crippen LogP contribution in [0.2, 0.25) is 0 Å². The lowest BCUT2D eigenvalue weighted by Crippen LogP contribution is -2.16. The van der Waals surface area contributed by atoms with Crippen LogP contribution in [-0.2, 0) is 18.9 Å². The second-order valence-corrected chi connectivity index (χ2v) is 8.51. The van der Waals surface area contributed by atoms with Gasteiger partial charge in [0, 0.05) is 39.6 Å². The molecule has 4 nitrogen and oxygen atoms in total.